The number of carbonyl (C=O) groups excluding carboxylic acids is 1. The van der Waals surface area contributed by atoms with Crippen LogP contribution in [0.4, 0.5) is 0 Å². The summed E-state index contributed by atoms with van der Waals surface area (Å²) in [7, 11) is 4.16. The molecule has 1 heterocycles. The summed E-state index contributed by atoms with van der Waals surface area (Å²) in [4.78, 5) is 21.3. The molecule has 2 rings (SSSR count). The van der Waals surface area contributed by atoms with Crippen molar-refractivity contribution in [2.45, 2.75) is 39.8 Å². The molecule has 0 unspecified atom stereocenters. The molecule has 0 bridgehead atoms. The van der Waals surface area contributed by atoms with E-state index in [0.717, 1.165) is 45.0 Å². The van der Waals surface area contributed by atoms with E-state index in [1.54, 1.807) is 0 Å². The topological polar surface area (TPSA) is 57.2 Å². The molecule has 0 atom stereocenters. The molecule has 0 aliphatic carbocycles. The van der Waals surface area contributed by atoms with Crippen molar-refractivity contribution in [2.75, 3.05) is 40.3 Å². The summed E-state index contributed by atoms with van der Waals surface area (Å²) < 4.78 is 5.17. The molecule has 1 N–H and O–H groups in total. The number of benzene rings is 1. The van der Waals surface area contributed by atoms with Gasteiger partial charge in [0.2, 0.25) is 0 Å². The molecular weight excluding hydrogens is 340 g/mol. The minimum absolute atomic E-state index is 0.0184. The van der Waals surface area contributed by atoms with Gasteiger partial charge in [-0.15, -0.1) is 0 Å². The van der Waals surface area contributed by atoms with E-state index in [0.29, 0.717) is 13.2 Å². The zero-order valence-corrected chi connectivity index (χ0v) is 17.2. The lowest BCUT2D eigenvalue weighted by Gasteiger charge is -2.33. The van der Waals surface area contributed by atoms with Crippen molar-refractivity contribution >= 4 is 11.9 Å². The van der Waals surface area contributed by atoms with Crippen LogP contribution < -0.4 is 5.32 Å². The molecule has 150 valence electrons. The fourth-order valence-electron chi connectivity index (χ4n) is 3.38. The Balaban J connectivity index is 2.02. The number of hydrogen-bond acceptors (Lipinski definition) is 4. The van der Waals surface area contributed by atoms with Crippen LogP contribution in [0.5, 0.6) is 0 Å². The second kappa shape index (κ2) is 10.9. The van der Waals surface area contributed by atoms with Crippen molar-refractivity contribution in [1.82, 2.24) is 15.1 Å². The third kappa shape index (κ3) is 6.54. The van der Waals surface area contributed by atoms with Gasteiger partial charge in [-0.05, 0) is 51.9 Å². The van der Waals surface area contributed by atoms with Crippen molar-refractivity contribution in [1.29, 1.82) is 0 Å². The summed E-state index contributed by atoms with van der Waals surface area (Å²) in [6.07, 6.45) is 1.64. The average molecular weight is 375 g/mol. The number of carbonyl (C=O) groups is 1. The molecule has 0 spiro atoms. The zero-order valence-electron chi connectivity index (χ0n) is 17.2. The number of nitrogens with zero attached hydrogens (tertiary/aromatic N) is 3. The van der Waals surface area contributed by atoms with E-state index < -0.39 is 0 Å². The highest BCUT2D eigenvalue weighted by atomic mass is 16.5. The summed E-state index contributed by atoms with van der Waals surface area (Å²) in [5, 5.41) is 3.40. The van der Waals surface area contributed by atoms with Gasteiger partial charge in [-0.2, -0.15) is 0 Å². The summed E-state index contributed by atoms with van der Waals surface area (Å²) in [6.45, 7) is 8.45. The molecule has 1 fully saturated rings. The molecule has 27 heavy (non-hydrogen) atoms. The van der Waals surface area contributed by atoms with E-state index in [2.05, 4.69) is 60.4 Å². The van der Waals surface area contributed by atoms with Gasteiger partial charge in [-0.25, -0.2) is 4.99 Å². The van der Waals surface area contributed by atoms with Crippen LogP contribution in [0.3, 0.4) is 0 Å². The number of likely N-dealkylation sites (tertiary alicyclic amines) is 1. The molecule has 1 aliphatic rings. The Bertz CT molecular complexity index is 622. The van der Waals surface area contributed by atoms with Crippen molar-refractivity contribution in [3.05, 3.63) is 35.4 Å². The number of rotatable bonds is 7. The van der Waals surface area contributed by atoms with Crippen molar-refractivity contribution in [2.24, 2.45) is 10.9 Å². The molecule has 1 aromatic carbocycles. The Labute approximate surface area is 163 Å². The first kappa shape index (κ1) is 21.2. The van der Waals surface area contributed by atoms with E-state index in [1.807, 2.05) is 6.92 Å². The van der Waals surface area contributed by atoms with Crippen LogP contribution in [-0.4, -0.2) is 62.1 Å². The van der Waals surface area contributed by atoms with Gasteiger partial charge < -0.3 is 19.9 Å². The van der Waals surface area contributed by atoms with Crippen LogP contribution in [0.25, 0.3) is 0 Å². The molecule has 0 saturated carbocycles. The van der Waals surface area contributed by atoms with Gasteiger partial charge in [0.15, 0.2) is 5.96 Å². The Hall–Kier alpha value is -2.08. The predicted molar refractivity (Wildman–Crippen MR) is 110 cm³/mol. The Morgan fingerprint density at radius 3 is 2.48 bits per heavy atom. The van der Waals surface area contributed by atoms with E-state index in [-0.39, 0.29) is 11.9 Å². The molecule has 0 amide bonds. The number of guanidine groups is 1. The van der Waals surface area contributed by atoms with Gasteiger partial charge in [0, 0.05) is 26.2 Å². The maximum Gasteiger partial charge on any atom is 0.309 e. The average Bonchev–Trinajstić information content (AvgIpc) is 2.66. The van der Waals surface area contributed by atoms with Gasteiger partial charge in [0.25, 0.3) is 0 Å². The van der Waals surface area contributed by atoms with E-state index in [4.69, 9.17) is 9.73 Å². The van der Waals surface area contributed by atoms with Gasteiger partial charge in [0.1, 0.15) is 0 Å². The van der Waals surface area contributed by atoms with E-state index in [1.165, 1.54) is 11.1 Å². The monoisotopic (exact) mass is 374 g/mol. The summed E-state index contributed by atoms with van der Waals surface area (Å²) in [6, 6.07) is 8.47. The van der Waals surface area contributed by atoms with Crippen molar-refractivity contribution in [3.63, 3.8) is 0 Å². The summed E-state index contributed by atoms with van der Waals surface area (Å²) >= 11 is 0. The van der Waals surface area contributed by atoms with Crippen LogP contribution in [0.2, 0.25) is 0 Å². The van der Waals surface area contributed by atoms with Gasteiger partial charge in [-0.3, -0.25) is 4.79 Å². The van der Waals surface area contributed by atoms with Crippen LogP contribution in [0, 0.1) is 5.92 Å². The number of ether oxygens (including phenoxy) is 1. The second-order valence-electron chi connectivity index (χ2n) is 7.19. The lowest BCUT2D eigenvalue weighted by atomic mass is 9.97. The van der Waals surface area contributed by atoms with Gasteiger partial charge in [0.05, 0.1) is 19.1 Å². The zero-order chi connectivity index (χ0) is 19.6. The smallest absolute Gasteiger partial charge is 0.309 e. The van der Waals surface area contributed by atoms with Crippen LogP contribution >= 0.6 is 0 Å². The number of piperidine rings is 1. The van der Waals surface area contributed by atoms with Crippen molar-refractivity contribution < 1.29 is 9.53 Å². The standard InChI is InChI=1S/C21H34N4O2/c1-5-22-21(25-13-11-17(12-14-25)20(26)27-6-2)23-15-18-9-7-8-10-19(18)16-24(3)4/h7-10,17H,5-6,11-16H2,1-4H3,(H,22,23). The minimum atomic E-state index is -0.0586. The lowest BCUT2D eigenvalue weighted by molar-refractivity contribution is -0.149. The van der Waals surface area contributed by atoms with Crippen LogP contribution in [0.1, 0.15) is 37.8 Å². The van der Waals surface area contributed by atoms with E-state index >= 15 is 0 Å². The second-order valence-corrected chi connectivity index (χ2v) is 7.19. The first-order chi connectivity index (χ1) is 13.0. The molecule has 6 heteroatoms. The Morgan fingerprint density at radius 1 is 1.22 bits per heavy atom. The highest BCUT2D eigenvalue weighted by Gasteiger charge is 2.27. The first-order valence-corrected chi connectivity index (χ1v) is 9.96. The Morgan fingerprint density at radius 2 is 1.89 bits per heavy atom. The first-order valence-electron chi connectivity index (χ1n) is 9.96. The normalized spacial score (nSPS) is 15.9. The fraction of sp³-hybridized carbons (Fsp3) is 0.619. The lowest BCUT2D eigenvalue weighted by Crippen LogP contribution is -2.46. The molecule has 1 saturated heterocycles. The number of aliphatic imine (C=N–C) groups is 1. The minimum Gasteiger partial charge on any atom is -0.466 e. The number of esters is 1. The molecular formula is C21H34N4O2. The molecule has 0 radical (unpaired) electrons. The third-order valence-corrected chi connectivity index (χ3v) is 4.75. The number of hydrogen-bond donors (Lipinski definition) is 1. The molecule has 1 aromatic rings. The predicted octanol–water partition coefficient (Wildman–Crippen LogP) is 2.49. The highest BCUT2D eigenvalue weighted by molar-refractivity contribution is 5.80. The molecule has 0 aromatic heterocycles. The maximum atomic E-state index is 11.9. The molecule has 1 aliphatic heterocycles. The van der Waals surface area contributed by atoms with Crippen molar-refractivity contribution in [3.8, 4) is 0 Å². The van der Waals surface area contributed by atoms with Gasteiger partial charge in [-0.1, -0.05) is 24.3 Å². The molecule has 6 nitrogen and oxygen atoms in total. The third-order valence-electron chi connectivity index (χ3n) is 4.75. The largest absolute Gasteiger partial charge is 0.466 e. The van der Waals surface area contributed by atoms with E-state index in [9.17, 15) is 4.79 Å². The quantitative estimate of drug-likeness (QED) is 0.451. The van der Waals surface area contributed by atoms with Gasteiger partial charge >= 0.3 is 5.97 Å². The SMILES string of the molecule is CCNC(=NCc1ccccc1CN(C)C)N1CCC(C(=O)OCC)CC1. The summed E-state index contributed by atoms with van der Waals surface area (Å²) in [5.41, 5.74) is 2.56. The fourth-order valence-corrected chi connectivity index (χ4v) is 3.38. The highest BCUT2D eigenvalue weighted by Crippen LogP contribution is 2.19. The van der Waals surface area contributed by atoms with Crippen LogP contribution in [-0.2, 0) is 22.6 Å². The Kier molecular flexibility index (Phi) is 8.58. The summed E-state index contributed by atoms with van der Waals surface area (Å²) in [5.74, 6) is 0.890. The number of nitrogens with one attached hydrogen (secondary N) is 1. The maximum absolute atomic E-state index is 11.9. The van der Waals surface area contributed by atoms with Crippen LogP contribution in [0.15, 0.2) is 29.3 Å².